The zero-order valence-electron chi connectivity index (χ0n) is 20.5. The van der Waals surface area contributed by atoms with Crippen LogP contribution in [0.3, 0.4) is 0 Å². The number of carbonyl (C=O) groups excluding carboxylic acids is 1. The number of hydrogen-bond donors (Lipinski definition) is 1. The van der Waals surface area contributed by atoms with Gasteiger partial charge >= 0.3 is 5.97 Å². The predicted octanol–water partition coefficient (Wildman–Crippen LogP) is 6.41. The van der Waals surface area contributed by atoms with E-state index in [9.17, 15) is 14.7 Å². The quantitative estimate of drug-likeness (QED) is 0.253. The summed E-state index contributed by atoms with van der Waals surface area (Å²) in [4.78, 5) is 31.8. The summed E-state index contributed by atoms with van der Waals surface area (Å²) in [5.41, 5.74) is 2.05. The van der Waals surface area contributed by atoms with E-state index in [0.717, 1.165) is 41.7 Å². The first-order valence-electron chi connectivity index (χ1n) is 11.9. The fourth-order valence-corrected chi connectivity index (χ4v) is 5.06. The van der Waals surface area contributed by atoms with Crippen molar-refractivity contribution >= 4 is 40.4 Å². The van der Waals surface area contributed by atoms with Gasteiger partial charge in [0.2, 0.25) is 5.91 Å². The van der Waals surface area contributed by atoms with Gasteiger partial charge in [-0.05, 0) is 42.5 Å². The number of fused-ring (bicyclic) bond motifs is 1. The van der Waals surface area contributed by atoms with E-state index in [1.165, 1.54) is 0 Å². The van der Waals surface area contributed by atoms with Gasteiger partial charge in [-0.2, -0.15) is 0 Å². The maximum atomic E-state index is 12.9. The van der Waals surface area contributed by atoms with Crippen LogP contribution in [0.2, 0.25) is 0 Å². The number of para-hydroxylation sites is 3. The molecule has 0 aliphatic carbocycles. The average molecular weight is 482 g/mol. The summed E-state index contributed by atoms with van der Waals surface area (Å²) in [5.74, 6) is 0.00253. The number of carboxylic acids is 1. The van der Waals surface area contributed by atoms with Crippen molar-refractivity contribution in [2.45, 2.75) is 64.6 Å². The molecule has 7 heteroatoms. The summed E-state index contributed by atoms with van der Waals surface area (Å²) >= 11 is 1.55. The summed E-state index contributed by atoms with van der Waals surface area (Å²) in [6.07, 6.45) is 3.18. The number of thioether (sulfide) groups is 1. The minimum absolute atomic E-state index is 0.143. The van der Waals surface area contributed by atoms with Crippen molar-refractivity contribution < 1.29 is 14.7 Å². The molecule has 0 fully saturated rings. The van der Waals surface area contributed by atoms with Crippen LogP contribution >= 0.6 is 11.8 Å². The van der Waals surface area contributed by atoms with Gasteiger partial charge in [-0.15, -0.1) is 0 Å². The second-order valence-corrected chi connectivity index (χ2v) is 10.6. The van der Waals surface area contributed by atoms with Crippen LogP contribution in [0.15, 0.2) is 59.8 Å². The van der Waals surface area contributed by atoms with Crippen molar-refractivity contribution in [1.82, 2.24) is 9.55 Å². The van der Waals surface area contributed by atoms with Crippen LogP contribution in [0.1, 0.15) is 59.4 Å². The standard InChI is InChI=1S/C27H35N3O3S/c1-5-6-17-23(31)29(20-13-8-7-9-14-20)18-12-19-34-26-28-21-15-10-11-16-22(21)30(26)24(25(32)33)27(2,3)4/h7-11,13-16,24H,5-6,12,17-19H2,1-4H3,(H,32,33). The summed E-state index contributed by atoms with van der Waals surface area (Å²) in [6.45, 7) is 8.52. The number of aliphatic carboxylic acids is 1. The molecule has 0 spiro atoms. The van der Waals surface area contributed by atoms with Gasteiger partial charge in [0, 0.05) is 24.4 Å². The second kappa shape index (κ2) is 11.6. The van der Waals surface area contributed by atoms with E-state index in [0.29, 0.717) is 18.1 Å². The number of benzene rings is 2. The number of nitrogens with zero attached hydrogens (tertiary/aromatic N) is 3. The maximum absolute atomic E-state index is 12.9. The molecule has 3 rings (SSSR count). The third-order valence-electron chi connectivity index (χ3n) is 5.75. The van der Waals surface area contributed by atoms with E-state index in [4.69, 9.17) is 4.98 Å². The average Bonchev–Trinajstić information content (AvgIpc) is 3.14. The monoisotopic (exact) mass is 481 g/mol. The van der Waals surface area contributed by atoms with Crippen LogP contribution < -0.4 is 4.90 Å². The Hall–Kier alpha value is -2.80. The lowest BCUT2D eigenvalue weighted by molar-refractivity contribution is -0.144. The molecular formula is C27H35N3O3S. The Morgan fingerprint density at radius 2 is 1.74 bits per heavy atom. The fraction of sp³-hybridized carbons (Fsp3) is 0.444. The number of imidazole rings is 1. The predicted molar refractivity (Wildman–Crippen MR) is 140 cm³/mol. The Labute approximate surface area is 206 Å². The van der Waals surface area contributed by atoms with E-state index >= 15 is 0 Å². The van der Waals surface area contributed by atoms with Gasteiger partial charge < -0.3 is 14.6 Å². The van der Waals surface area contributed by atoms with Crippen molar-refractivity contribution in [3.63, 3.8) is 0 Å². The molecule has 6 nitrogen and oxygen atoms in total. The molecule has 1 unspecified atom stereocenters. The van der Waals surface area contributed by atoms with Gasteiger partial charge in [0.05, 0.1) is 11.0 Å². The van der Waals surface area contributed by atoms with Crippen LogP contribution in [0.25, 0.3) is 11.0 Å². The minimum Gasteiger partial charge on any atom is -0.480 e. The highest BCUT2D eigenvalue weighted by molar-refractivity contribution is 7.99. The molecule has 0 saturated heterocycles. The highest BCUT2D eigenvalue weighted by Crippen LogP contribution is 2.37. The number of carboxylic acid groups (broad SMARTS) is 1. The van der Waals surface area contributed by atoms with Gasteiger partial charge in [0.15, 0.2) is 5.16 Å². The van der Waals surface area contributed by atoms with Crippen molar-refractivity contribution in [3.05, 3.63) is 54.6 Å². The Morgan fingerprint density at radius 1 is 1.06 bits per heavy atom. The van der Waals surface area contributed by atoms with Crippen molar-refractivity contribution in [2.75, 3.05) is 17.2 Å². The van der Waals surface area contributed by atoms with Crippen LogP contribution in [-0.4, -0.2) is 38.8 Å². The number of carbonyl (C=O) groups is 2. The zero-order chi connectivity index (χ0) is 24.7. The van der Waals surface area contributed by atoms with Crippen LogP contribution in [0, 0.1) is 5.41 Å². The van der Waals surface area contributed by atoms with Crippen molar-refractivity contribution in [2.24, 2.45) is 5.41 Å². The first-order valence-corrected chi connectivity index (χ1v) is 12.9. The third-order valence-corrected chi connectivity index (χ3v) is 6.79. The molecule has 1 heterocycles. The first kappa shape index (κ1) is 25.8. The molecule has 0 radical (unpaired) electrons. The summed E-state index contributed by atoms with van der Waals surface area (Å²) in [6, 6.07) is 16.7. The van der Waals surface area contributed by atoms with Gasteiger partial charge in [-0.3, -0.25) is 4.79 Å². The first-order chi connectivity index (χ1) is 16.2. The van der Waals surface area contributed by atoms with Crippen molar-refractivity contribution in [3.8, 4) is 0 Å². The van der Waals surface area contributed by atoms with Crippen LogP contribution in [0.5, 0.6) is 0 Å². The lowest BCUT2D eigenvalue weighted by Gasteiger charge is -2.30. The molecule has 1 aromatic heterocycles. The normalized spacial score (nSPS) is 12.6. The second-order valence-electron chi connectivity index (χ2n) is 9.55. The SMILES string of the molecule is CCCCC(=O)N(CCCSc1nc2ccccc2n1C(C(=O)O)C(C)(C)C)c1ccccc1. The lowest BCUT2D eigenvalue weighted by Crippen LogP contribution is -2.32. The van der Waals surface area contributed by atoms with Gasteiger partial charge in [-0.1, -0.05) is 76.2 Å². The molecule has 34 heavy (non-hydrogen) atoms. The number of unbranched alkanes of at least 4 members (excludes halogenated alkanes) is 1. The lowest BCUT2D eigenvalue weighted by atomic mass is 9.86. The number of anilines is 1. The van der Waals surface area contributed by atoms with E-state index in [-0.39, 0.29) is 5.91 Å². The van der Waals surface area contributed by atoms with Crippen molar-refractivity contribution in [1.29, 1.82) is 0 Å². The van der Waals surface area contributed by atoms with E-state index in [1.807, 2.05) is 84.8 Å². The topological polar surface area (TPSA) is 75.4 Å². The Morgan fingerprint density at radius 3 is 2.38 bits per heavy atom. The molecular weight excluding hydrogens is 446 g/mol. The number of aromatic nitrogens is 2. The molecule has 1 atom stereocenters. The molecule has 0 bridgehead atoms. The molecule has 0 saturated carbocycles. The number of rotatable bonds is 11. The highest BCUT2D eigenvalue weighted by atomic mass is 32.2. The fourth-order valence-electron chi connectivity index (χ4n) is 4.10. The molecule has 182 valence electrons. The third kappa shape index (κ3) is 6.20. The van der Waals surface area contributed by atoms with Crippen LogP contribution in [-0.2, 0) is 9.59 Å². The van der Waals surface area contributed by atoms with E-state index in [2.05, 4.69) is 6.92 Å². The van der Waals surface area contributed by atoms with Gasteiger partial charge in [0.1, 0.15) is 6.04 Å². The molecule has 1 amide bonds. The minimum atomic E-state index is -0.866. The highest BCUT2D eigenvalue weighted by Gasteiger charge is 2.35. The summed E-state index contributed by atoms with van der Waals surface area (Å²) in [5, 5.41) is 10.8. The molecule has 3 aromatic rings. The van der Waals surface area contributed by atoms with Gasteiger partial charge in [0.25, 0.3) is 0 Å². The summed E-state index contributed by atoms with van der Waals surface area (Å²) < 4.78 is 1.86. The van der Waals surface area contributed by atoms with E-state index in [1.54, 1.807) is 11.8 Å². The zero-order valence-corrected chi connectivity index (χ0v) is 21.3. The largest absolute Gasteiger partial charge is 0.480 e. The maximum Gasteiger partial charge on any atom is 0.327 e. The van der Waals surface area contributed by atoms with Crippen LogP contribution in [0.4, 0.5) is 5.69 Å². The van der Waals surface area contributed by atoms with E-state index < -0.39 is 17.4 Å². The molecule has 1 N–H and O–H groups in total. The number of hydrogen-bond acceptors (Lipinski definition) is 4. The number of amides is 1. The Kier molecular flexibility index (Phi) is 8.78. The Bertz CT molecular complexity index is 1110. The molecule has 2 aromatic carbocycles. The smallest absolute Gasteiger partial charge is 0.327 e. The molecule has 0 aliphatic heterocycles. The Balaban J connectivity index is 1.78. The summed E-state index contributed by atoms with van der Waals surface area (Å²) in [7, 11) is 0. The molecule has 0 aliphatic rings. The van der Waals surface area contributed by atoms with Gasteiger partial charge in [-0.25, -0.2) is 9.78 Å².